The summed E-state index contributed by atoms with van der Waals surface area (Å²) in [7, 11) is 1.86. The molecule has 0 bridgehead atoms. The fourth-order valence-corrected chi connectivity index (χ4v) is 2.48. The monoisotopic (exact) mass is 318 g/mol. The van der Waals surface area contributed by atoms with Crippen LogP contribution in [0.15, 0.2) is 10.6 Å². The highest BCUT2D eigenvalue weighted by Gasteiger charge is 2.20. The summed E-state index contributed by atoms with van der Waals surface area (Å²) >= 11 is 1.28. The van der Waals surface area contributed by atoms with Crippen LogP contribution in [0.5, 0.6) is 0 Å². The summed E-state index contributed by atoms with van der Waals surface area (Å²) in [4.78, 5) is 15.9. The van der Waals surface area contributed by atoms with Crippen LogP contribution in [0.2, 0.25) is 0 Å². The zero-order valence-electron chi connectivity index (χ0n) is 11.2. The Morgan fingerprint density at radius 3 is 2.85 bits per heavy atom. The highest BCUT2D eigenvalue weighted by molar-refractivity contribution is 7.15. The van der Waals surface area contributed by atoms with Crippen LogP contribution in [-0.4, -0.2) is 28.2 Å². The normalized spacial score (nSPS) is 11.9. The van der Waals surface area contributed by atoms with Crippen molar-refractivity contribution in [3.05, 3.63) is 26.9 Å². The van der Waals surface area contributed by atoms with E-state index in [1.165, 1.54) is 17.4 Å². The van der Waals surface area contributed by atoms with E-state index in [1.807, 2.05) is 14.0 Å². The smallest absolute Gasteiger partial charge is 0.283 e. The van der Waals surface area contributed by atoms with Crippen molar-refractivity contribution in [1.29, 1.82) is 0 Å². The molecule has 1 N–H and O–H groups in total. The van der Waals surface area contributed by atoms with Crippen molar-refractivity contribution in [1.82, 2.24) is 15.5 Å². The van der Waals surface area contributed by atoms with Crippen LogP contribution in [0.3, 0.4) is 0 Å². The van der Waals surface area contributed by atoms with E-state index in [0.717, 1.165) is 0 Å². The lowest BCUT2D eigenvalue weighted by molar-refractivity contribution is -0.385. The maximum absolute atomic E-state index is 10.8. The molecule has 7 nitrogen and oxygen atoms in total. The lowest BCUT2D eigenvalue weighted by Crippen LogP contribution is -2.24. The number of nitro groups is 1. The molecule has 9 heteroatoms. The van der Waals surface area contributed by atoms with Gasteiger partial charge in [0.15, 0.2) is 5.82 Å². The van der Waals surface area contributed by atoms with E-state index >= 15 is 0 Å². The van der Waals surface area contributed by atoms with Crippen LogP contribution < -0.4 is 5.32 Å². The Balaban J connectivity index is 0.00000200. The van der Waals surface area contributed by atoms with Crippen LogP contribution in [0.1, 0.15) is 17.6 Å². The van der Waals surface area contributed by atoms with Crippen LogP contribution in [0, 0.1) is 17.0 Å². The summed E-state index contributed by atoms with van der Waals surface area (Å²) in [6.07, 6.45) is 0.645. The minimum Gasteiger partial charge on any atom is -0.333 e. The number of nitrogens with zero attached hydrogens (tertiary/aromatic N) is 3. The van der Waals surface area contributed by atoms with Crippen LogP contribution in [0.4, 0.5) is 5.69 Å². The molecule has 0 amide bonds. The Kier molecular flexibility index (Phi) is 5.61. The number of likely N-dealkylation sites (N-methyl/N-ethyl adjacent to an activating group) is 1. The van der Waals surface area contributed by atoms with E-state index in [4.69, 9.17) is 4.52 Å². The fraction of sp³-hybridized carbons (Fsp3) is 0.455. The van der Waals surface area contributed by atoms with Gasteiger partial charge < -0.3 is 9.84 Å². The topological polar surface area (TPSA) is 94.1 Å². The molecular formula is C11H15ClN4O3S. The fourth-order valence-electron chi connectivity index (χ4n) is 1.57. The zero-order chi connectivity index (χ0) is 14.0. The molecule has 1 atom stereocenters. The number of aryl methyl sites for hydroxylation is 1. The number of halogens is 1. The van der Waals surface area contributed by atoms with Gasteiger partial charge in [-0.05, 0) is 20.9 Å². The van der Waals surface area contributed by atoms with Gasteiger partial charge in [-0.2, -0.15) is 4.98 Å². The summed E-state index contributed by atoms with van der Waals surface area (Å²) in [5, 5.41) is 17.8. The van der Waals surface area contributed by atoms with Crippen molar-refractivity contribution in [3.8, 4) is 10.8 Å². The highest BCUT2D eigenvalue weighted by Crippen LogP contribution is 2.34. The van der Waals surface area contributed by atoms with Crippen molar-refractivity contribution in [2.75, 3.05) is 7.05 Å². The standard InChI is InChI=1S/C11H14N4O3S.ClH/c1-6(12-3)4-10-13-11(18-14-10)9-5-8(15(16)17)7(2)19-9;/h5-6,12H,4H2,1-3H3;1H. The second-order valence-electron chi connectivity index (χ2n) is 4.22. The van der Waals surface area contributed by atoms with Gasteiger partial charge in [0.25, 0.3) is 11.6 Å². The summed E-state index contributed by atoms with van der Waals surface area (Å²) < 4.78 is 5.14. The molecule has 0 saturated heterocycles. The number of thiophene rings is 1. The maximum Gasteiger partial charge on any atom is 0.283 e. The molecule has 0 aliphatic rings. The van der Waals surface area contributed by atoms with E-state index < -0.39 is 4.92 Å². The SMILES string of the molecule is CNC(C)Cc1noc(-c2cc([N+](=O)[O-])c(C)s2)n1.Cl. The molecule has 2 aromatic rings. The third-order valence-corrected chi connectivity index (χ3v) is 3.78. The lowest BCUT2D eigenvalue weighted by atomic mass is 10.2. The molecule has 0 aromatic carbocycles. The van der Waals surface area contributed by atoms with E-state index in [0.29, 0.717) is 27.9 Å². The number of hydrogen-bond acceptors (Lipinski definition) is 7. The average molecular weight is 319 g/mol. The molecule has 0 aliphatic heterocycles. The number of rotatable bonds is 5. The molecule has 0 fully saturated rings. The Morgan fingerprint density at radius 1 is 1.60 bits per heavy atom. The molecular weight excluding hydrogens is 304 g/mol. The number of aromatic nitrogens is 2. The minimum atomic E-state index is -0.407. The number of hydrogen-bond donors (Lipinski definition) is 1. The van der Waals surface area contributed by atoms with E-state index in [1.54, 1.807) is 6.92 Å². The van der Waals surface area contributed by atoms with Gasteiger partial charge in [0, 0.05) is 18.5 Å². The first-order chi connectivity index (χ1) is 9.01. The predicted molar refractivity (Wildman–Crippen MR) is 78.5 cm³/mol. The van der Waals surface area contributed by atoms with Crippen molar-refractivity contribution in [2.45, 2.75) is 26.3 Å². The molecule has 0 radical (unpaired) electrons. The van der Waals surface area contributed by atoms with Gasteiger partial charge in [-0.15, -0.1) is 23.7 Å². The molecule has 20 heavy (non-hydrogen) atoms. The Morgan fingerprint density at radius 2 is 2.30 bits per heavy atom. The molecule has 2 rings (SSSR count). The first-order valence-electron chi connectivity index (χ1n) is 5.76. The summed E-state index contributed by atoms with van der Waals surface area (Å²) in [5.74, 6) is 0.921. The van der Waals surface area contributed by atoms with Gasteiger partial charge >= 0.3 is 0 Å². The van der Waals surface area contributed by atoms with Gasteiger partial charge in [0.2, 0.25) is 0 Å². The third kappa shape index (κ3) is 3.53. The lowest BCUT2D eigenvalue weighted by Gasteiger charge is -2.04. The molecule has 0 aliphatic carbocycles. The van der Waals surface area contributed by atoms with E-state index in [-0.39, 0.29) is 24.1 Å². The second-order valence-corrected chi connectivity index (χ2v) is 5.48. The third-order valence-electron chi connectivity index (χ3n) is 2.75. The molecule has 2 heterocycles. The number of nitrogens with one attached hydrogen (secondary N) is 1. The first-order valence-corrected chi connectivity index (χ1v) is 6.58. The van der Waals surface area contributed by atoms with Crippen LogP contribution >= 0.6 is 23.7 Å². The Labute approximate surface area is 125 Å². The predicted octanol–water partition coefficient (Wildman–Crippen LogP) is 2.59. The van der Waals surface area contributed by atoms with Gasteiger partial charge in [-0.1, -0.05) is 5.16 Å². The van der Waals surface area contributed by atoms with Gasteiger partial charge in [-0.3, -0.25) is 10.1 Å². The second kappa shape index (κ2) is 6.78. The summed E-state index contributed by atoms with van der Waals surface area (Å²) in [6, 6.07) is 1.71. The largest absolute Gasteiger partial charge is 0.333 e. The van der Waals surface area contributed by atoms with Gasteiger partial charge in [-0.25, -0.2) is 0 Å². The van der Waals surface area contributed by atoms with Crippen LogP contribution in [0.25, 0.3) is 10.8 Å². The molecule has 0 spiro atoms. The molecule has 1 unspecified atom stereocenters. The van der Waals surface area contributed by atoms with Crippen molar-refractivity contribution >= 4 is 29.4 Å². The minimum absolute atomic E-state index is 0. The van der Waals surface area contributed by atoms with E-state index in [2.05, 4.69) is 15.5 Å². The zero-order valence-corrected chi connectivity index (χ0v) is 12.9. The van der Waals surface area contributed by atoms with Gasteiger partial charge in [0.1, 0.15) is 0 Å². The summed E-state index contributed by atoms with van der Waals surface area (Å²) in [6.45, 7) is 3.71. The molecule has 110 valence electrons. The molecule has 2 aromatic heterocycles. The highest BCUT2D eigenvalue weighted by atomic mass is 35.5. The van der Waals surface area contributed by atoms with Crippen molar-refractivity contribution in [2.24, 2.45) is 0 Å². The quantitative estimate of drug-likeness (QED) is 0.672. The van der Waals surface area contributed by atoms with E-state index in [9.17, 15) is 10.1 Å². The average Bonchev–Trinajstić information content (AvgIpc) is 2.95. The first kappa shape index (κ1) is 16.5. The Hall–Kier alpha value is -1.51. The molecule has 0 saturated carbocycles. The maximum atomic E-state index is 10.8. The Bertz CT molecular complexity index is 598. The van der Waals surface area contributed by atoms with Gasteiger partial charge in [0.05, 0.1) is 14.7 Å². The summed E-state index contributed by atoms with van der Waals surface area (Å²) in [5.41, 5.74) is 0.0864. The van der Waals surface area contributed by atoms with Crippen LogP contribution in [-0.2, 0) is 6.42 Å². The van der Waals surface area contributed by atoms with Crippen molar-refractivity contribution in [3.63, 3.8) is 0 Å². The van der Waals surface area contributed by atoms with Crippen molar-refractivity contribution < 1.29 is 9.45 Å².